The summed E-state index contributed by atoms with van der Waals surface area (Å²) in [7, 11) is 0. The van der Waals surface area contributed by atoms with E-state index in [0.29, 0.717) is 12.1 Å². The van der Waals surface area contributed by atoms with Gasteiger partial charge in [-0.3, -0.25) is 4.98 Å². The molecule has 1 aromatic heterocycles. The van der Waals surface area contributed by atoms with Crippen molar-refractivity contribution in [1.29, 1.82) is 0 Å². The second kappa shape index (κ2) is 6.22. The average molecular weight is 298 g/mol. The van der Waals surface area contributed by atoms with Crippen LogP contribution in [0.4, 0.5) is 17.6 Å². The van der Waals surface area contributed by atoms with Crippen LogP contribution in [0.5, 0.6) is 0 Å². The van der Waals surface area contributed by atoms with E-state index in [4.69, 9.17) is 0 Å². The number of hydrogen-bond acceptors (Lipinski definition) is 2. The third-order valence-electron chi connectivity index (χ3n) is 3.12. The fraction of sp³-hybridized carbons (Fsp3) is 0.267. The molecule has 0 bridgehead atoms. The van der Waals surface area contributed by atoms with E-state index in [0.717, 1.165) is 23.3 Å². The summed E-state index contributed by atoms with van der Waals surface area (Å²) in [5.74, 6) is -1.25. The van der Waals surface area contributed by atoms with Gasteiger partial charge in [-0.2, -0.15) is 13.2 Å². The van der Waals surface area contributed by atoms with E-state index in [2.05, 4.69) is 10.3 Å². The number of pyridine rings is 1. The molecule has 0 radical (unpaired) electrons. The zero-order chi connectivity index (χ0) is 15.5. The molecule has 0 aliphatic heterocycles. The Kier molecular flexibility index (Phi) is 4.57. The maximum atomic E-state index is 13.2. The SMILES string of the molecule is Cc1cnccc1CNCc1ccc(F)c(C(F)(F)F)c1. The lowest BCUT2D eigenvalue weighted by Gasteiger charge is -2.11. The third-order valence-corrected chi connectivity index (χ3v) is 3.12. The minimum Gasteiger partial charge on any atom is -0.309 e. The summed E-state index contributed by atoms with van der Waals surface area (Å²) in [6, 6.07) is 4.87. The summed E-state index contributed by atoms with van der Waals surface area (Å²) in [6.45, 7) is 2.64. The number of hydrogen-bond donors (Lipinski definition) is 1. The van der Waals surface area contributed by atoms with Crippen molar-refractivity contribution in [3.8, 4) is 0 Å². The maximum absolute atomic E-state index is 13.2. The summed E-state index contributed by atoms with van der Waals surface area (Å²) in [5, 5.41) is 3.04. The third kappa shape index (κ3) is 4.01. The topological polar surface area (TPSA) is 24.9 Å². The molecule has 2 rings (SSSR count). The van der Waals surface area contributed by atoms with E-state index in [-0.39, 0.29) is 6.54 Å². The highest BCUT2D eigenvalue weighted by molar-refractivity contribution is 5.27. The van der Waals surface area contributed by atoms with Crippen molar-refractivity contribution >= 4 is 0 Å². The summed E-state index contributed by atoms with van der Waals surface area (Å²) in [5.41, 5.74) is 1.17. The maximum Gasteiger partial charge on any atom is 0.419 e. The monoisotopic (exact) mass is 298 g/mol. The van der Waals surface area contributed by atoms with Gasteiger partial charge >= 0.3 is 6.18 Å². The molecule has 1 N–H and O–H groups in total. The molecular formula is C15H14F4N2. The molecule has 0 spiro atoms. The molecule has 2 aromatic rings. The van der Waals surface area contributed by atoms with Crippen LogP contribution in [0.2, 0.25) is 0 Å². The van der Waals surface area contributed by atoms with Gasteiger partial charge in [-0.25, -0.2) is 4.39 Å². The van der Waals surface area contributed by atoms with Crippen LogP contribution in [0, 0.1) is 12.7 Å². The standard InChI is InChI=1S/C15H14F4N2/c1-10-7-20-5-4-12(10)9-21-8-11-2-3-14(16)13(6-11)15(17,18)19/h2-7,21H,8-9H2,1H3. The van der Waals surface area contributed by atoms with Gasteiger partial charge in [0, 0.05) is 25.5 Å². The van der Waals surface area contributed by atoms with Gasteiger partial charge in [-0.15, -0.1) is 0 Å². The molecule has 0 fully saturated rings. The Morgan fingerprint density at radius 3 is 2.57 bits per heavy atom. The van der Waals surface area contributed by atoms with Crippen molar-refractivity contribution in [2.75, 3.05) is 0 Å². The Bertz CT molecular complexity index is 623. The van der Waals surface area contributed by atoms with Gasteiger partial charge in [0.25, 0.3) is 0 Å². The predicted molar refractivity (Wildman–Crippen MR) is 70.9 cm³/mol. The van der Waals surface area contributed by atoms with Crippen molar-refractivity contribution in [2.24, 2.45) is 0 Å². The molecule has 21 heavy (non-hydrogen) atoms. The number of nitrogens with zero attached hydrogens (tertiary/aromatic N) is 1. The van der Waals surface area contributed by atoms with Crippen LogP contribution in [0.3, 0.4) is 0 Å². The Morgan fingerprint density at radius 2 is 1.90 bits per heavy atom. The zero-order valence-corrected chi connectivity index (χ0v) is 11.3. The number of alkyl halides is 3. The first-order chi connectivity index (χ1) is 9.88. The molecule has 1 heterocycles. The molecule has 0 saturated carbocycles. The van der Waals surface area contributed by atoms with Crippen LogP contribution >= 0.6 is 0 Å². The minimum absolute atomic E-state index is 0.227. The molecule has 2 nitrogen and oxygen atoms in total. The van der Waals surface area contributed by atoms with Crippen LogP contribution in [0.15, 0.2) is 36.7 Å². The van der Waals surface area contributed by atoms with Gasteiger partial charge in [-0.05, 0) is 41.8 Å². The highest BCUT2D eigenvalue weighted by atomic mass is 19.4. The fourth-order valence-electron chi connectivity index (χ4n) is 1.94. The molecule has 0 atom stereocenters. The smallest absolute Gasteiger partial charge is 0.309 e. The average Bonchev–Trinajstić information content (AvgIpc) is 2.41. The second-order valence-electron chi connectivity index (χ2n) is 4.72. The Labute approximate surface area is 119 Å². The molecule has 0 aliphatic rings. The minimum atomic E-state index is -4.68. The number of aromatic nitrogens is 1. The largest absolute Gasteiger partial charge is 0.419 e. The van der Waals surface area contributed by atoms with E-state index in [1.54, 1.807) is 12.4 Å². The highest BCUT2D eigenvalue weighted by Gasteiger charge is 2.34. The van der Waals surface area contributed by atoms with Gasteiger partial charge in [0.1, 0.15) is 5.82 Å². The van der Waals surface area contributed by atoms with Crippen LogP contribution in [-0.4, -0.2) is 4.98 Å². The van der Waals surface area contributed by atoms with Crippen LogP contribution in [-0.2, 0) is 19.3 Å². The van der Waals surface area contributed by atoms with Crippen LogP contribution < -0.4 is 5.32 Å². The lowest BCUT2D eigenvalue weighted by molar-refractivity contribution is -0.140. The molecule has 112 valence electrons. The van der Waals surface area contributed by atoms with Crippen molar-refractivity contribution in [2.45, 2.75) is 26.2 Å². The van der Waals surface area contributed by atoms with Gasteiger partial charge in [-0.1, -0.05) is 6.07 Å². The molecule has 0 unspecified atom stereocenters. The normalized spacial score (nSPS) is 11.7. The second-order valence-corrected chi connectivity index (χ2v) is 4.72. The van der Waals surface area contributed by atoms with E-state index < -0.39 is 17.6 Å². The fourth-order valence-corrected chi connectivity index (χ4v) is 1.94. The van der Waals surface area contributed by atoms with Crippen molar-refractivity contribution < 1.29 is 17.6 Å². The number of halogens is 4. The van der Waals surface area contributed by atoms with E-state index in [1.165, 1.54) is 6.07 Å². The molecular weight excluding hydrogens is 284 g/mol. The Hall–Kier alpha value is -1.95. The van der Waals surface area contributed by atoms with Crippen molar-refractivity contribution in [1.82, 2.24) is 10.3 Å². The number of rotatable bonds is 4. The molecule has 0 aliphatic carbocycles. The zero-order valence-electron chi connectivity index (χ0n) is 11.3. The van der Waals surface area contributed by atoms with Crippen LogP contribution in [0.25, 0.3) is 0 Å². The van der Waals surface area contributed by atoms with Gasteiger partial charge < -0.3 is 5.32 Å². The number of benzene rings is 1. The first-order valence-electron chi connectivity index (χ1n) is 6.34. The Morgan fingerprint density at radius 1 is 1.14 bits per heavy atom. The summed E-state index contributed by atoms with van der Waals surface area (Å²) < 4.78 is 51.0. The Balaban J connectivity index is 2.03. The summed E-state index contributed by atoms with van der Waals surface area (Å²) >= 11 is 0. The molecule has 1 aromatic carbocycles. The van der Waals surface area contributed by atoms with Gasteiger partial charge in [0.05, 0.1) is 5.56 Å². The van der Waals surface area contributed by atoms with Crippen LogP contribution in [0.1, 0.15) is 22.3 Å². The van der Waals surface area contributed by atoms with Crippen molar-refractivity contribution in [3.05, 3.63) is 64.7 Å². The van der Waals surface area contributed by atoms with Gasteiger partial charge in [0.15, 0.2) is 0 Å². The van der Waals surface area contributed by atoms with E-state index in [1.807, 2.05) is 13.0 Å². The van der Waals surface area contributed by atoms with Crippen molar-refractivity contribution in [3.63, 3.8) is 0 Å². The summed E-state index contributed by atoms with van der Waals surface area (Å²) in [6.07, 6.45) is -1.30. The molecule has 0 amide bonds. The number of aryl methyl sites for hydroxylation is 1. The first kappa shape index (κ1) is 15.4. The summed E-state index contributed by atoms with van der Waals surface area (Å²) in [4.78, 5) is 3.97. The van der Waals surface area contributed by atoms with E-state index >= 15 is 0 Å². The lowest BCUT2D eigenvalue weighted by Crippen LogP contribution is -2.15. The quantitative estimate of drug-likeness (QED) is 0.868. The van der Waals surface area contributed by atoms with E-state index in [9.17, 15) is 17.6 Å². The highest BCUT2D eigenvalue weighted by Crippen LogP contribution is 2.31. The van der Waals surface area contributed by atoms with Gasteiger partial charge in [0.2, 0.25) is 0 Å². The molecule has 0 saturated heterocycles. The molecule has 6 heteroatoms. The first-order valence-corrected chi connectivity index (χ1v) is 6.34. The lowest BCUT2D eigenvalue weighted by atomic mass is 10.1. The number of nitrogens with one attached hydrogen (secondary N) is 1. The predicted octanol–water partition coefficient (Wildman–Crippen LogP) is 3.84.